The Kier molecular flexibility index (Phi) is 18.5. The fourth-order valence-corrected chi connectivity index (χ4v) is 5.47. The van der Waals surface area contributed by atoms with E-state index in [0.29, 0.717) is 50.3 Å². The van der Waals surface area contributed by atoms with Crippen molar-refractivity contribution >= 4 is 11.8 Å². The van der Waals surface area contributed by atoms with Crippen LogP contribution >= 0.6 is 0 Å². The van der Waals surface area contributed by atoms with E-state index in [1.165, 1.54) is 0 Å². The Balaban J connectivity index is 1.83. The fraction of sp³-hybridized carbons (Fsp3) is 0.765. The normalized spacial score (nSPS) is 16.8. The molecule has 1 aliphatic rings. The highest BCUT2D eigenvalue weighted by atomic mass is 16.5. The molecule has 252 valence electrons. The summed E-state index contributed by atoms with van der Waals surface area (Å²) in [6.07, 6.45) is 3.54. The first-order valence-corrected chi connectivity index (χ1v) is 16.6. The molecule has 1 saturated heterocycles. The van der Waals surface area contributed by atoms with Gasteiger partial charge in [0, 0.05) is 58.9 Å². The number of amides is 2. The number of hydrogen-bond acceptors (Lipinski definition) is 8. The van der Waals surface area contributed by atoms with Gasteiger partial charge in [0.05, 0.1) is 31.5 Å². The minimum absolute atomic E-state index is 0.0101. The lowest BCUT2D eigenvalue weighted by molar-refractivity contribution is -0.122. The van der Waals surface area contributed by atoms with Crippen molar-refractivity contribution in [3.8, 4) is 5.75 Å². The van der Waals surface area contributed by atoms with Gasteiger partial charge in [0.1, 0.15) is 5.75 Å². The summed E-state index contributed by atoms with van der Waals surface area (Å²) in [6, 6.07) is 6.85. The zero-order valence-corrected chi connectivity index (χ0v) is 27.9. The second-order valence-electron chi connectivity index (χ2n) is 12.8. The van der Waals surface area contributed by atoms with E-state index in [0.717, 1.165) is 58.7 Å². The highest BCUT2D eigenvalue weighted by Gasteiger charge is 2.28. The Hall–Kier alpha value is -2.24. The van der Waals surface area contributed by atoms with Crippen molar-refractivity contribution in [1.82, 2.24) is 15.5 Å². The standard InChI is InChI=1S/C34H60N4O6/c1-25(2)27(23-33(40)36-13-14-38-15-19-43-20-16-38)22-31(39)30(35)21-28(26(3)4)24-37-34(41)29-11-7-8-12-32(29)44-18-10-6-9-17-42-5/h7-8,11-12,25-28,30-31,39H,6,9-10,13-24,35H2,1-5H3,(H,36,40)(H,37,41)/t27-,28?,30?,31-/m0/s1. The van der Waals surface area contributed by atoms with Crippen molar-refractivity contribution in [3.63, 3.8) is 0 Å². The molecule has 4 atom stereocenters. The molecule has 0 aromatic heterocycles. The summed E-state index contributed by atoms with van der Waals surface area (Å²) >= 11 is 0. The molecular formula is C34H60N4O6. The largest absolute Gasteiger partial charge is 0.493 e. The predicted molar refractivity (Wildman–Crippen MR) is 175 cm³/mol. The Labute approximate surface area is 265 Å². The van der Waals surface area contributed by atoms with Gasteiger partial charge in [-0.15, -0.1) is 0 Å². The first-order valence-electron chi connectivity index (χ1n) is 16.6. The summed E-state index contributed by atoms with van der Waals surface area (Å²) < 4.78 is 16.4. The molecule has 2 amide bonds. The zero-order chi connectivity index (χ0) is 32.3. The van der Waals surface area contributed by atoms with E-state index in [2.05, 4.69) is 43.2 Å². The minimum Gasteiger partial charge on any atom is -0.493 e. The second kappa shape index (κ2) is 21.5. The second-order valence-corrected chi connectivity index (χ2v) is 12.8. The molecule has 0 bridgehead atoms. The van der Waals surface area contributed by atoms with Gasteiger partial charge in [-0.3, -0.25) is 14.5 Å². The summed E-state index contributed by atoms with van der Waals surface area (Å²) in [4.78, 5) is 28.1. The molecule has 10 nitrogen and oxygen atoms in total. The molecule has 1 aromatic carbocycles. The Bertz CT molecular complexity index is 940. The van der Waals surface area contributed by atoms with Gasteiger partial charge < -0.3 is 35.7 Å². The van der Waals surface area contributed by atoms with Gasteiger partial charge in [-0.05, 0) is 67.9 Å². The molecular weight excluding hydrogens is 560 g/mol. The van der Waals surface area contributed by atoms with E-state index in [-0.39, 0.29) is 35.5 Å². The number of carbonyl (C=O) groups is 2. The quantitative estimate of drug-likeness (QED) is 0.145. The maximum absolute atomic E-state index is 13.1. The molecule has 1 heterocycles. The van der Waals surface area contributed by atoms with Crippen LogP contribution in [0.2, 0.25) is 0 Å². The van der Waals surface area contributed by atoms with Crippen LogP contribution in [0, 0.1) is 23.7 Å². The third-order valence-electron chi connectivity index (χ3n) is 8.71. The number of hydrogen-bond donors (Lipinski definition) is 4. The third kappa shape index (κ3) is 14.7. The Morgan fingerprint density at radius 1 is 0.977 bits per heavy atom. The molecule has 5 N–H and O–H groups in total. The van der Waals surface area contributed by atoms with Crippen LogP contribution in [0.25, 0.3) is 0 Å². The molecule has 0 spiro atoms. The van der Waals surface area contributed by atoms with Crippen LogP contribution in [-0.2, 0) is 14.3 Å². The lowest BCUT2D eigenvalue weighted by Gasteiger charge is -2.30. The molecule has 0 aliphatic carbocycles. The van der Waals surface area contributed by atoms with Crippen molar-refractivity contribution in [2.24, 2.45) is 29.4 Å². The maximum atomic E-state index is 13.1. The highest BCUT2D eigenvalue weighted by Crippen LogP contribution is 2.25. The number of ether oxygens (including phenoxy) is 3. The minimum atomic E-state index is -0.737. The lowest BCUT2D eigenvalue weighted by atomic mass is 9.82. The number of carbonyl (C=O) groups excluding carboxylic acids is 2. The van der Waals surface area contributed by atoms with E-state index in [1.54, 1.807) is 13.2 Å². The topological polar surface area (TPSA) is 135 Å². The number of unbranched alkanes of at least 4 members (excludes halogenated alkanes) is 2. The Morgan fingerprint density at radius 2 is 1.66 bits per heavy atom. The molecule has 44 heavy (non-hydrogen) atoms. The third-order valence-corrected chi connectivity index (χ3v) is 8.71. The van der Waals surface area contributed by atoms with Gasteiger partial charge >= 0.3 is 0 Å². The van der Waals surface area contributed by atoms with Crippen LogP contribution in [0.15, 0.2) is 24.3 Å². The van der Waals surface area contributed by atoms with E-state index < -0.39 is 12.1 Å². The van der Waals surface area contributed by atoms with Crippen molar-refractivity contribution in [2.45, 2.75) is 78.4 Å². The number of nitrogens with zero attached hydrogens (tertiary/aromatic N) is 1. The average Bonchev–Trinajstić information content (AvgIpc) is 3.00. The number of nitrogens with two attached hydrogens (primary N) is 1. The smallest absolute Gasteiger partial charge is 0.255 e. The molecule has 0 radical (unpaired) electrons. The van der Waals surface area contributed by atoms with Crippen LogP contribution in [0.4, 0.5) is 0 Å². The van der Waals surface area contributed by atoms with Gasteiger partial charge in [0.25, 0.3) is 5.91 Å². The molecule has 2 rings (SSSR count). The van der Waals surface area contributed by atoms with Crippen LogP contribution in [0.5, 0.6) is 5.75 Å². The van der Waals surface area contributed by atoms with Gasteiger partial charge in [-0.25, -0.2) is 0 Å². The summed E-state index contributed by atoms with van der Waals surface area (Å²) in [5.74, 6) is 0.997. The van der Waals surface area contributed by atoms with Crippen molar-refractivity contribution in [3.05, 3.63) is 29.8 Å². The number of rotatable bonds is 22. The van der Waals surface area contributed by atoms with Crippen LogP contribution in [0.1, 0.15) is 76.6 Å². The summed E-state index contributed by atoms with van der Waals surface area (Å²) in [7, 11) is 1.70. The lowest BCUT2D eigenvalue weighted by Crippen LogP contribution is -2.43. The number of benzene rings is 1. The van der Waals surface area contributed by atoms with E-state index >= 15 is 0 Å². The average molecular weight is 621 g/mol. The molecule has 10 heteroatoms. The molecule has 2 unspecified atom stereocenters. The van der Waals surface area contributed by atoms with Crippen molar-refractivity contribution < 1.29 is 28.9 Å². The first-order chi connectivity index (χ1) is 21.1. The summed E-state index contributed by atoms with van der Waals surface area (Å²) in [5, 5.41) is 17.2. The monoisotopic (exact) mass is 620 g/mol. The maximum Gasteiger partial charge on any atom is 0.255 e. The molecule has 0 saturated carbocycles. The number of nitrogens with one attached hydrogen (secondary N) is 2. The van der Waals surface area contributed by atoms with Crippen molar-refractivity contribution in [1.29, 1.82) is 0 Å². The SMILES string of the molecule is COCCCCCOc1ccccc1C(=O)NCC(CC(N)[C@@H](O)C[C@@H](CC(=O)NCCN1CCOCC1)C(C)C)C(C)C. The van der Waals surface area contributed by atoms with Gasteiger partial charge in [0.15, 0.2) is 0 Å². The van der Waals surface area contributed by atoms with Crippen LogP contribution in [0.3, 0.4) is 0 Å². The van der Waals surface area contributed by atoms with Crippen LogP contribution in [-0.4, -0.2) is 100 Å². The van der Waals surface area contributed by atoms with Crippen LogP contribution < -0.4 is 21.1 Å². The number of morpholine rings is 1. The van der Waals surface area contributed by atoms with Gasteiger partial charge in [-0.1, -0.05) is 39.8 Å². The highest BCUT2D eigenvalue weighted by molar-refractivity contribution is 5.96. The molecule has 1 aromatic rings. The van der Waals surface area contributed by atoms with E-state index in [9.17, 15) is 14.7 Å². The van der Waals surface area contributed by atoms with E-state index in [1.807, 2.05) is 18.2 Å². The van der Waals surface area contributed by atoms with Gasteiger partial charge in [-0.2, -0.15) is 0 Å². The zero-order valence-electron chi connectivity index (χ0n) is 27.9. The first kappa shape index (κ1) is 37.9. The van der Waals surface area contributed by atoms with Gasteiger partial charge in [0.2, 0.25) is 5.91 Å². The predicted octanol–water partition coefficient (Wildman–Crippen LogP) is 3.46. The molecule has 1 aliphatic heterocycles. The van der Waals surface area contributed by atoms with Crippen molar-refractivity contribution in [2.75, 3.05) is 66.3 Å². The summed E-state index contributed by atoms with van der Waals surface area (Å²) in [6.45, 7) is 14.8. The number of aliphatic hydroxyl groups excluding tert-OH is 1. The number of para-hydroxylation sites is 1. The number of methoxy groups -OCH3 is 1. The fourth-order valence-electron chi connectivity index (χ4n) is 5.47. The van der Waals surface area contributed by atoms with E-state index in [4.69, 9.17) is 19.9 Å². The molecule has 1 fully saturated rings. The number of aliphatic hydroxyl groups is 1. The Morgan fingerprint density at radius 3 is 2.34 bits per heavy atom. The summed E-state index contributed by atoms with van der Waals surface area (Å²) in [5.41, 5.74) is 7.04.